The van der Waals surface area contributed by atoms with Gasteiger partial charge in [0.05, 0.1) is 5.75 Å². The lowest BCUT2D eigenvalue weighted by atomic mass is 10.5. The summed E-state index contributed by atoms with van der Waals surface area (Å²) in [4.78, 5) is 0. The van der Waals surface area contributed by atoms with E-state index < -0.39 is 10.1 Å². The molecule has 0 amide bonds. The first-order chi connectivity index (χ1) is 3.71. The van der Waals surface area contributed by atoms with Gasteiger partial charge < -0.3 is 0 Å². The van der Waals surface area contributed by atoms with Gasteiger partial charge in [-0.05, 0) is 6.42 Å². The molecule has 0 aliphatic carbocycles. The molecule has 4 nitrogen and oxygen atoms in total. The van der Waals surface area contributed by atoms with E-state index in [1.54, 1.807) is 0 Å². The minimum atomic E-state index is -3.19. The summed E-state index contributed by atoms with van der Waals surface area (Å²) >= 11 is 0. The topological polar surface area (TPSA) is 55.4 Å². The zero-order valence-corrected chi connectivity index (χ0v) is 5.07. The summed E-state index contributed by atoms with van der Waals surface area (Å²) in [7, 11) is -3.19. The third kappa shape index (κ3) is 1.43. The van der Waals surface area contributed by atoms with Gasteiger partial charge >= 0.3 is 0 Å². The van der Waals surface area contributed by atoms with Gasteiger partial charge in [-0.15, -0.1) is 0 Å². The van der Waals surface area contributed by atoms with Crippen LogP contribution >= 0.6 is 0 Å². The molecule has 0 saturated carbocycles. The molecule has 0 atom stereocenters. The second-order valence-corrected chi connectivity index (χ2v) is 3.28. The molecule has 1 heterocycles. The summed E-state index contributed by atoms with van der Waals surface area (Å²) in [5.74, 6) is 0.139. The maximum atomic E-state index is 10.4. The van der Waals surface area contributed by atoms with Crippen LogP contribution in [0.15, 0.2) is 0 Å². The van der Waals surface area contributed by atoms with Gasteiger partial charge in [0.15, 0.2) is 0 Å². The third-order valence-electron chi connectivity index (χ3n) is 0.859. The van der Waals surface area contributed by atoms with Crippen molar-refractivity contribution >= 4 is 10.1 Å². The first-order valence-electron chi connectivity index (χ1n) is 2.35. The van der Waals surface area contributed by atoms with E-state index in [0.29, 0.717) is 13.0 Å². The van der Waals surface area contributed by atoms with E-state index in [2.05, 4.69) is 9.76 Å². The fourth-order valence-corrected chi connectivity index (χ4v) is 1.34. The molecule has 5 heteroatoms. The summed E-state index contributed by atoms with van der Waals surface area (Å²) in [5.41, 5.74) is 2.29. The SMILES string of the molecule is O=S1(=O)CCCNO1. The van der Waals surface area contributed by atoms with E-state index in [9.17, 15) is 8.42 Å². The predicted octanol–water partition coefficient (Wildman–Crippen LogP) is -0.759. The zero-order chi connectivity index (χ0) is 6.04. The molecule has 0 aromatic heterocycles. The lowest BCUT2D eigenvalue weighted by Gasteiger charge is -2.10. The highest BCUT2D eigenvalue weighted by atomic mass is 32.2. The van der Waals surface area contributed by atoms with Crippen molar-refractivity contribution in [2.75, 3.05) is 12.3 Å². The van der Waals surface area contributed by atoms with Crippen LogP contribution in [0.25, 0.3) is 0 Å². The van der Waals surface area contributed by atoms with E-state index in [1.165, 1.54) is 0 Å². The molecule has 1 aliphatic rings. The van der Waals surface area contributed by atoms with Crippen molar-refractivity contribution < 1.29 is 12.7 Å². The smallest absolute Gasteiger partial charge is 0.198 e. The van der Waals surface area contributed by atoms with E-state index in [0.717, 1.165) is 0 Å². The van der Waals surface area contributed by atoms with Gasteiger partial charge in [0.2, 0.25) is 0 Å². The van der Waals surface area contributed by atoms with Crippen LogP contribution in [0.1, 0.15) is 6.42 Å². The summed E-state index contributed by atoms with van der Waals surface area (Å²) in [6, 6.07) is 0. The lowest BCUT2D eigenvalue weighted by molar-refractivity contribution is 0.189. The van der Waals surface area contributed by atoms with Crippen molar-refractivity contribution in [2.24, 2.45) is 0 Å². The Kier molecular flexibility index (Phi) is 1.50. The molecule has 8 heavy (non-hydrogen) atoms. The van der Waals surface area contributed by atoms with Crippen molar-refractivity contribution in [3.8, 4) is 0 Å². The van der Waals surface area contributed by atoms with Crippen molar-refractivity contribution in [2.45, 2.75) is 6.42 Å². The molecule has 0 aromatic rings. The molecular weight excluding hydrogens is 130 g/mol. The summed E-state index contributed by atoms with van der Waals surface area (Å²) in [6.45, 7) is 0.624. The van der Waals surface area contributed by atoms with E-state index in [1.807, 2.05) is 0 Å². The van der Waals surface area contributed by atoms with Gasteiger partial charge in [0, 0.05) is 6.54 Å². The predicted molar refractivity (Wildman–Crippen MR) is 27.5 cm³/mol. The fourth-order valence-electron chi connectivity index (χ4n) is 0.494. The van der Waals surface area contributed by atoms with E-state index >= 15 is 0 Å². The van der Waals surface area contributed by atoms with Crippen LogP contribution in [0.3, 0.4) is 0 Å². The van der Waals surface area contributed by atoms with Crippen LogP contribution in [0.4, 0.5) is 0 Å². The Bertz CT molecular complexity index is 149. The zero-order valence-electron chi connectivity index (χ0n) is 4.25. The Morgan fingerprint density at radius 2 is 2.25 bits per heavy atom. The Morgan fingerprint density at radius 3 is 2.50 bits per heavy atom. The molecule has 1 rings (SSSR count). The van der Waals surface area contributed by atoms with Gasteiger partial charge in [-0.25, -0.2) is 0 Å². The van der Waals surface area contributed by atoms with Gasteiger partial charge in [-0.2, -0.15) is 18.2 Å². The maximum absolute atomic E-state index is 10.4. The van der Waals surface area contributed by atoms with Gasteiger partial charge in [0.1, 0.15) is 0 Å². The summed E-state index contributed by atoms with van der Waals surface area (Å²) in [5, 5.41) is 0. The second-order valence-electron chi connectivity index (χ2n) is 1.59. The normalized spacial score (nSPS) is 27.5. The van der Waals surface area contributed by atoms with Gasteiger partial charge in [0.25, 0.3) is 10.1 Å². The van der Waals surface area contributed by atoms with Crippen LogP contribution in [0.5, 0.6) is 0 Å². The Labute approximate surface area is 47.9 Å². The van der Waals surface area contributed by atoms with Crippen molar-refractivity contribution in [3.05, 3.63) is 0 Å². The maximum Gasteiger partial charge on any atom is 0.283 e. The lowest BCUT2D eigenvalue weighted by Crippen LogP contribution is -2.30. The molecule has 1 fully saturated rings. The molecule has 1 N–H and O–H groups in total. The monoisotopic (exact) mass is 137 g/mol. The molecular formula is C3H7NO3S. The molecule has 0 radical (unpaired) electrons. The average molecular weight is 137 g/mol. The summed E-state index contributed by atoms with van der Waals surface area (Å²) < 4.78 is 24.9. The fraction of sp³-hybridized carbons (Fsp3) is 1.00. The van der Waals surface area contributed by atoms with E-state index in [-0.39, 0.29) is 5.75 Å². The largest absolute Gasteiger partial charge is 0.283 e. The minimum absolute atomic E-state index is 0.139. The molecule has 0 bridgehead atoms. The molecule has 48 valence electrons. The second kappa shape index (κ2) is 2.00. The number of hydroxylamine groups is 1. The molecule has 1 aliphatic heterocycles. The highest BCUT2D eigenvalue weighted by Gasteiger charge is 2.14. The molecule has 0 spiro atoms. The minimum Gasteiger partial charge on any atom is -0.198 e. The van der Waals surface area contributed by atoms with Crippen LogP contribution in [0.2, 0.25) is 0 Å². The first kappa shape index (κ1) is 6.00. The molecule has 0 unspecified atom stereocenters. The van der Waals surface area contributed by atoms with E-state index in [4.69, 9.17) is 0 Å². The Balaban J connectivity index is 2.58. The van der Waals surface area contributed by atoms with Crippen LogP contribution in [-0.4, -0.2) is 20.7 Å². The van der Waals surface area contributed by atoms with Gasteiger partial charge in [-0.1, -0.05) is 0 Å². The summed E-state index contributed by atoms with van der Waals surface area (Å²) in [6.07, 6.45) is 0.641. The number of hydrogen-bond donors (Lipinski definition) is 1. The number of nitrogens with one attached hydrogen (secondary N) is 1. The molecule has 1 saturated heterocycles. The quantitative estimate of drug-likeness (QED) is 0.477. The highest BCUT2D eigenvalue weighted by Crippen LogP contribution is 1.97. The number of rotatable bonds is 0. The Hall–Kier alpha value is -0.130. The molecule has 0 aromatic carbocycles. The van der Waals surface area contributed by atoms with Crippen LogP contribution < -0.4 is 5.48 Å². The highest BCUT2D eigenvalue weighted by molar-refractivity contribution is 7.86. The standard InChI is InChI=1S/C3H7NO3S/c5-8(6)3-1-2-4-7-8/h4H,1-3H2. The van der Waals surface area contributed by atoms with Crippen molar-refractivity contribution in [1.29, 1.82) is 0 Å². The number of hydrogen-bond acceptors (Lipinski definition) is 4. The van der Waals surface area contributed by atoms with Gasteiger partial charge in [-0.3, -0.25) is 0 Å². The average Bonchev–Trinajstić information content (AvgIpc) is 1.65. The third-order valence-corrected chi connectivity index (χ3v) is 2.02. The van der Waals surface area contributed by atoms with Crippen LogP contribution in [-0.2, 0) is 14.4 Å². The first-order valence-corrected chi connectivity index (χ1v) is 3.92. The Morgan fingerprint density at radius 1 is 1.50 bits per heavy atom. The van der Waals surface area contributed by atoms with Crippen molar-refractivity contribution in [3.63, 3.8) is 0 Å². The van der Waals surface area contributed by atoms with Crippen molar-refractivity contribution in [1.82, 2.24) is 5.48 Å². The van der Waals surface area contributed by atoms with Crippen LogP contribution in [0, 0.1) is 0 Å².